The Kier molecular flexibility index (Phi) is 14.6. The number of hydrogen-bond acceptors (Lipinski definition) is 6. The maximum atomic E-state index is 8.98. The van der Waals surface area contributed by atoms with Crippen molar-refractivity contribution in [2.75, 3.05) is 39.6 Å². The van der Waals surface area contributed by atoms with Gasteiger partial charge in [-0.2, -0.15) is 0 Å². The maximum absolute atomic E-state index is 8.98. The summed E-state index contributed by atoms with van der Waals surface area (Å²) < 4.78 is 0. The fourth-order valence-corrected chi connectivity index (χ4v) is 3.31. The molecule has 0 radical (unpaired) electrons. The molecule has 164 valence electrons. The van der Waals surface area contributed by atoms with Crippen LogP contribution in [0.1, 0.15) is 71.6 Å². The zero-order chi connectivity index (χ0) is 20.8. The Morgan fingerprint density at radius 2 is 1.04 bits per heavy atom. The molecule has 0 aromatic rings. The lowest BCUT2D eigenvalue weighted by molar-refractivity contribution is 0.0234. The maximum Gasteiger partial charge on any atom is 0.0509 e. The molecule has 0 aromatic carbocycles. The monoisotopic (exact) mass is 392 g/mol. The van der Waals surface area contributed by atoms with Crippen LogP contribution in [0.5, 0.6) is 0 Å². The van der Waals surface area contributed by atoms with Gasteiger partial charge in [0, 0.05) is 24.0 Å². The van der Waals surface area contributed by atoms with Gasteiger partial charge in [-0.25, -0.2) is 0 Å². The molecule has 0 atom stereocenters. The van der Waals surface area contributed by atoms with Gasteiger partial charge >= 0.3 is 0 Å². The molecule has 2 fully saturated rings. The third-order valence-corrected chi connectivity index (χ3v) is 5.92. The van der Waals surface area contributed by atoms with Crippen molar-refractivity contribution in [2.45, 2.75) is 71.6 Å². The standard InChI is InChI=1S/2C8H16O2.C5H12O2/c9-5-7-1-2-8(6-10)4-3-7;9-6-8(7-10)4-2-1-3-5-8;1-5(2,3-6)4-7/h7-10H,1-6H2;9-10H,1-7H2;6-7H,3-4H2,1-2H3. The van der Waals surface area contributed by atoms with E-state index in [1.807, 2.05) is 0 Å². The third kappa shape index (κ3) is 11.4. The van der Waals surface area contributed by atoms with E-state index in [9.17, 15) is 0 Å². The Labute approximate surface area is 165 Å². The Morgan fingerprint density at radius 1 is 0.667 bits per heavy atom. The molecule has 0 saturated heterocycles. The van der Waals surface area contributed by atoms with Crippen molar-refractivity contribution >= 4 is 0 Å². The molecule has 0 spiro atoms. The minimum atomic E-state index is -0.306. The van der Waals surface area contributed by atoms with E-state index in [0.717, 1.165) is 38.5 Å². The smallest absolute Gasteiger partial charge is 0.0509 e. The van der Waals surface area contributed by atoms with Gasteiger partial charge in [-0.15, -0.1) is 0 Å². The van der Waals surface area contributed by atoms with Gasteiger partial charge in [0.25, 0.3) is 0 Å². The summed E-state index contributed by atoms with van der Waals surface area (Å²) in [6, 6.07) is 0. The van der Waals surface area contributed by atoms with Crippen molar-refractivity contribution < 1.29 is 30.6 Å². The molecular weight excluding hydrogens is 348 g/mol. The molecule has 27 heavy (non-hydrogen) atoms. The van der Waals surface area contributed by atoms with Gasteiger partial charge in [0.05, 0.1) is 26.4 Å². The molecule has 0 amide bonds. The number of hydrogen-bond donors (Lipinski definition) is 6. The van der Waals surface area contributed by atoms with Crippen molar-refractivity contribution in [2.24, 2.45) is 22.7 Å². The zero-order valence-corrected chi connectivity index (χ0v) is 17.4. The SMILES string of the molecule is CC(C)(CO)CO.OCC1(CO)CCCCC1.OCC1CCC(CO)CC1. The van der Waals surface area contributed by atoms with Crippen molar-refractivity contribution in [3.63, 3.8) is 0 Å². The van der Waals surface area contributed by atoms with E-state index in [1.165, 1.54) is 19.3 Å². The molecule has 0 unspecified atom stereocenters. The van der Waals surface area contributed by atoms with E-state index >= 15 is 0 Å². The van der Waals surface area contributed by atoms with Crippen LogP contribution in [-0.4, -0.2) is 70.3 Å². The lowest BCUT2D eigenvalue weighted by Crippen LogP contribution is -2.31. The van der Waals surface area contributed by atoms with Crippen molar-refractivity contribution in [1.29, 1.82) is 0 Å². The van der Waals surface area contributed by atoms with Gasteiger partial charge in [0.2, 0.25) is 0 Å². The van der Waals surface area contributed by atoms with Crippen molar-refractivity contribution in [1.82, 2.24) is 0 Å². The Balaban J connectivity index is 0.000000384. The van der Waals surface area contributed by atoms with Crippen LogP contribution in [0.2, 0.25) is 0 Å². The lowest BCUT2D eigenvalue weighted by Gasteiger charge is -2.33. The molecule has 0 bridgehead atoms. The molecule has 2 aliphatic rings. The molecule has 2 aliphatic carbocycles. The highest BCUT2D eigenvalue weighted by Gasteiger charge is 2.30. The summed E-state index contributed by atoms with van der Waals surface area (Å²) in [5, 5.41) is 52.4. The Hall–Kier alpha value is -0.240. The number of aliphatic hydroxyl groups is 6. The van der Waals surface area contributed by atoms with Gasteiger partial charge in [0.15, 0.2) is 0 Å². The summed E-state index contributed by atoms with van der Waals surface area (Å²) in [4.78, 5) is 0. The Bertz CT molecular complexity index is 310. The second kappa shape index (κ2) is 14.7. The third-order valence-electron chi connectivity index (χ3n) is 5.92. The molecule has 2 saturated carbocycles. The van der Waals surface area contributed by atoms with Gasteiger partial charge in [-0.3, -0.25) is 0 Å². The Morgan fingerprint density at radius 3 is 1.22 bits per heavy atom. The zero-order valence-electron chi connectivity index (χ0n) is 17.4. The first kappa shape index (κ1) is 26.8. The van der Waals surface area contributed by atoms with Crippen LogP contribution in [0, 0.1) is 22.7 Å². The van der Waals surface area contributed by atoms with E-state index in [0.29, 0.717) is 25.0 Å². The predicted molar refractivity (Wildman–Crippen MR) is 107 cm³/mol. The molecule has 6 heteroatoms. The summed E-state index contributed by atoms with van der Waals surface area (Å²) in [5.74, 6) is 1.03. The largest absolute Gasteiger partial charge is 0.396 e. The van der Waals surface area contributed by atoms with Crippen molar-refractivity contribution in [3.8, 4) is 0 Å². The van der Waals surface area contributed by atoms with Crippen LogP contribution < -0.4 is 0 Å². The molecule has 0 aliphatic heterocycles. The van der Waals surface area contributed by atoms with Gasteiger partial charge in [-0.05, 0) is 50.4 Å². The fourth-order valence-electron chi connectivity index (χ4n) is 3.31. The quantitative estimate of drug-likeness (QED) is 0.409. The molecule has 6 nitrogen and oxygen atoms in total. The normalized spacial score (nSPS) is 24.9. The van der Waals surface area contributed by atoms with E-state index in [2.05, 4.69) is 0 Å². The first-order valence-corrected chi connectivity index (χ1v) is 10.5. The second-order valence-corrected chi connectivity index (χ2v) is 9.11. The van der Waals surface area contributed by atoms with Crippen LogP contribution in [0.4, 0.5) is 0 Å². The minimum absolute atomic E-state index is 0.0451. The van der Waals surface area contributed by atoms with Crippen molar-refractivity contribution in [3.05, 3.63) is 0 Å². The van der Waals surface area contributed by atoms with E-state index in [4.69, 9.17) is 30.6 Å². The second-order valence-electron chi connectivity index (χ2n) is 9.11. The van der Waals surface area contributed by atoms with Crippen LogP contribution in [-0.2, 0) is 0 Å². The minimum Gasteiger partial charge on any atom is -0.396 e. The first-order chi connectivity index (χ1) is 12.8. The van der Waals surface area contributed by atoms with Gasteiger partial charge in [-0.1, -0.05) is 33.1 Å². The lowest BCUT2D eigenvalue weighted by atomic mass is 9.75. The molecule has 0 heterocycles. The predicted octanol–water partition coefficient (Wildman–Crippen LogP) is 1.70. The van der Waals surface area contributed by atoms with Gasteiger partial charge < -0.3 is 30.6 Å². The topological polar surface area (TPSA) is 121 Å². The highest BCUT2D eigenvalue weighted by atomic mass is 16.3. The van der Waals surface area contributed by atoms with E-state index in [1.54, 1.807) is 13.8 Å². The van der Waals surface area contributed by atoms with E-state index < -0.39 is 0 Å². The van der Waals surface area contributed by atoms with Crippen LogP contribution in [0.3, 0.4) is 0 Å². The summed E-state index contributed by atoms with van der Waals surface area (Å²) in [7, 11) is 0. The summed E-state index contributed by atoms with van der Waals surface area (Å²) in [6.45, 7) is 4.66. The van der Waals surface area contributed by atoms with Gasteiger partial charge in [0.1, 0.15) is 0 Å². The average Bonchev–Trinajstić information content (AvgIpc) is 2.75. The average molecular weight is 393 g/mol. The van der Waals surface area contributed by atoms with Crippen LogP contribution >= 0.6 is 0 Å². The summed E-state index contributed by atoms with van der Waals surface area (Å²) in [5.41, 5.74) is -0.432. The highest BCUT2D eigenvalue weighted by molar-refractivity contribution is 4.81. The summed E-state index contributed by atoms with van der Waals surface area (Å²) in [6.07, 6.45) is 10.00. The number of rotatable bonds is 6. The van der Waals surface area contributed by atoms with Crippen LogP contribution in [0.15, 0.2) is 0 Å². The van der Waals surface area contributed by atoms with Crippen LogP contribution in [0.25, 0.3) is 0 Å². The molecule has 6 N–H and O–H groups in total. The molecule has 2 rings (SSSR count). The number of aliphatic hydroxyl groups excluding tert-OH is 6. The van der Waals surface area contributed by atoms with E-state index in [-0.39, 0.29) is 37.3 Å². The fraction of sp³-hybridized carbons (Fsp3) is 1.00. The molecular formula is C21H44O6. The highest BCUT2D eigenvalue weighted by Crippen LogP contribution is 2.34. The summed E-state index contributed by atoms with van der Waals surface area (Å²) >= 11 is 0. The first-order valence-electron chi connectivity index (χ1n) is 10.5. The molecule has 0 aromatic heterocycles.